The van der Waals surface area contributed by atoms with Gasteiger partial charge in [-0.25, -0.2) is 21.1 Å². The van der Waals surface area contributed by atoms with Gasteiger partial charge >= 0.3 is 0 Å². The molecule has 0 radical (unpaired) electrons. The number of nitrogens with one attached hydrogen (secondary N) is 1. The molecule has 7 nitrogen and oxygen atoms in total. The van der Waals surface area contributed by atoms with Crippen molar-refractivity contribution in [3.63, 3.8) is 0 Å². The van der Waals surface area contributed by atoms with Crippen molar-refractivity contribution in [1.82, 2.24) is 0 Å². The van der Waals surface area contributed by atoms with Crippen LogP contribution in [0.25, 0.3) is 0 Å². The molecule has 11 heteroatoms. The van der Waals surface area contributed by atoms with Crippen LogP contribution in [-0.4, -0.2) is 28.5 Å². The third-order valence-corrected chi connectivity index (χ3v) is 7.26. The van der Waals surface area contributed by atoms with E-state index in [1.165, 1.54) is 42.5 Å². The molecule has 0 unspecified atom stereocenters. The van der Waals surface area contributed by atoms with Crippen LogP contribution in [0.5, 0.6) is 0 Å². The van der Waals surface area contributed by atoms with Gasteiger partial charge in [-0.2, -0.15) is 0 Å². The van der Waals surface area contributed by atoms with E-state index in [0.717, 1.165) is 0 Å². The summed E-state index contributed by atoms with van der Waals surface area (Å²) in [6.45, 7) is 0. The van der Waals surface area contributed by atoms with Crippen LogP contribution >= 0.6 is 23.2 Å². The number of amides is 1. The number of sulfonamides is 2. The summed E-state index contributed by atoms with van der Waals surface area (Å²) in [7, 11) is -7.67. The van der Waals surface area contributed by atoms with Crippen molar-refractivity contribution in [2.45, 2.75) is 11.3 Å². The van der Waals surface area contributed by atoms with Crippen molar-refractivity contribution >= 4 is 60.5 Å². The van der Waals surface area contributed by atoms with Crippen molar-refractivity contribution < 1.29 is 21.6 Å². The van der Waals surface area contributed by atoms with Crippen LogP contribution in [0.1, 0.15) is 6.42 Å². The normalized spacial score (nSPS) is 16.7. The Morgan fingerprint density at radius 2 is 1.69 bits per heavy atom. The molecular formula is C15H12Cl2N2O5S2. The third-order valence-electron chi connectivity index (χ3n) is 3.64. The summed E-state index contributed by atoms with van der Waals surface area (Å²) < 4.78 is 51.8. The van der Waals surface area contributed by atoms with E-state index in [1.54, 1.807) is 0 Å². The number of nitrogens with zero attached hydrogens (tertiary/aromatic N) is 1. The van der Waals surface area contributed by atoms with E-state index in [2.05, 4.69) is 4.72 Å². The second-order valence-corrected chi connectivity index (χ2v) is 9.91. The zero-order chi connectivity index (χ0) is 19.1. The average Bonchev–Trinajstić information content (AvgIpc) is 2.83. The molecule has 1 N–H and O–H groups in total. The van der Waals surface area contributed by atoms with Crippen molar-refractivity contribution in [1.29, 1.82) is 0 Å². The first-order valence-electron chi connectivity index (χ1n) is 7.24. The number of halogens is 2. The molecule has 26 heavy (non-hydrogen) atoms. The fourth-order valence-corrected chi connectivity index (χ4v) is 5.46. The highest BCUT2D eigenvalue weighted by Gasteiger charge is 2.36. The lowest BCUT2D eigenvalue weighted by molar-refractivity contribution is -0.116. The molecule has 2 aromatic carbocycles. The Kier molecular flexibility index (Phi) is 4.91. The van der Waals surface area contributed by atoms with E-state index in [1.807, 2.05) is 0 Å². The molecule has 0 spiro atoms. The summed E-state index contributed by atoms with van der Waals surface area (Å²) in [6, 6.07) is 9.25. The molecule has 0 aromatic heterocycles. The molecular weight excluding hydrogens is 423 g/mol. The highest BCUT2D eigenvalue weighted by molar-refractivity contribution is 7.94. The number of carbonyl (C=O) groups excluding carboxylic acids is 1. The molecule has 1 amide bonds. The monoisotopic (exact) mass is 434 g/mol. The Morgan fingerprint density at radius 3 is 2.23 bits per heavy atom. The second kappa shape index (κ2) is 6.73. The summed E-state index contributed by atoms with van der Waals surface area (Å²) in [5.41, 5.74) is 0.244. The van der Waals surface area contributed by atoms with E-state index in [4.69, 9.17) is 23.2 Å². The smallest absolute Gasteiger partial charge is 0.261 e. The zero-order valence-corrected chi connectivity index (χ0v) is 16.2. The van der Waals surface area contributed by atoms with Crippen LogP contribution in [0.4, 0.5) is 11.4 Å². The minimum absolute atomic E-state index is 0.0935. The van der Waals surface area contributed by atoms with Gasteiger partial charge in [-0.05, 0) is 42.5 Å². The Hall–Kier alpha value is -1.81. The standard InChI is InChI=1S/C15H12Cl2N2O5S2/c16-10-1-6-14(13(17)9-10)18-26(23,24)12-4-2-11(3-5-12)19-15(20)7-8-25(19,21)22/h1-6,9,18H,7-8H2. The van der Waals surface area contributed by atoms with Crippen molar-refractivity contribution in [2.75, 3.05) is 14.8 Å². The van der Waals surface area contributed by atoms with Crippen LogP contribution in [0.2, 0.25) is 10.0 Å². The van der Waals surface area contributed by atoms with E-state index in [0.29, 0.717) is 9.33 Å². The molecule has 138 valence electrons. The number of hydrogen-bond donors (Lipinski definition) is 1. The van der Waals surface area contributed by atoms with Crippen LogP contribution in [-0.2, 0) is 24.8 Å². The molecule has 1 aliphatic rings. The summed E-state index contributed by atoms with van der Waals surface area (Å²) in [6.07, 6.45) is -0.0982. The molecule has 0 atom stereocenters. The topological polar surface area (TPSA) is 101 Å². The Labute approximate surface area is 160 Å². The highest BCUT2D eigenvalue weighted by Crippen LogP contribution is 2.29. The SMILES string of the molecule is O=C1CCS(=O)(=O)N1c1ccc(S(=O)(=O)Nc2ccc(Cl)cc2Cl)cc1. The first-order chi connectivity index (χ1) is 12.1. The van der Waals surface area contributed by atoms with Gasteiger partial charge in [0.05, 0.1) is 27.0 Å². The van der Waals surface area contributed by atoms with Crippen LogP contribution in [0, 0.1) is 0 Å². The molecule has 1 heterocycles. The average molecular weight is 435 g/mol. The van der Waals surface area contributed by atoms with Crippen LogP contribution in [0.3, 0.4) is 0 Å². The van der Waals surface area contributed by atoms with Crippen LogP contribution < -0.4 is 9.03 Å². The molecule has 1 saturated heterocycles. The third kappa shape index (κ3) is 3.66. The van der Waals surface area contributed by atoms with Gasteiger partial charge in [0, 0.05) is 11.4 Å². The van der Waals surface area contributed by atoms with Gasteiger partial charge in [0.1, 0.15) is 0 Å². The molecule has 1 fully saturated rings. The lowest BCUT2D eigenvalue weighted by Gasteiger charge is -2.15. The highest BCUT2D eigenvalue weighted by atomic mass is 35.5. The zero-order valence-electron chi connectivity index (χ0n) is 13.0. The lowest BCUT2D eigenvalue weighted by Crippen LogP contribution is -2.29. The minimum atomic E-state index is -3.96. The number of benzene rings is 2. The maximum Gasteiger partial charge on any atom is 0.261 e. The van der Waals surface area contributed by atoms with Gasteiger partial charge in [-0.1, -0.05) is 23.2 Å². The Bertz CT molecular complexity index is 1080. The van der Waals surface area contributed by atoms with E-state index < -0.39 is 26.0 Å². The first kappa shape index (κ1) is 19.0. The fourth-order valence-electron chi connectivity index (χ4n) is 2.41. The summed E-state index contributed by atoms with van der Waals surface area (Å²) >= 11 is 11.7. The van der Waals surface area contributed by atoms with Crippen molar-refractivity contribution in [3.8, 4) is 0 Å². The van der Waals surface area contributed by atoms with Crippen molar-refractivity contribution in [2.24, 2.45) is 0 Å². The maximum absolute atomic E-state index is 12.5. The fraction of sp³-hybridized carbons (Fsp3) is 0.133. The van der Waals surface area contributed by atoms with Gasteiger partial charge in [-0.3, -0.25) is 9.52 Å². The van der Waals surface area contributed by atoms with Gasteiger partial charge in [0.15, 0.2) is 0 Å². The number of anilines is 2. The van der Waals surface area contributed by atoms with Gasteiger partial charge in [0.2, 0.25) is 15.9 Å². The number of rotatable bonds is 4. The predicted octanol–water partition coefficient (Wildman–Crippen LogP) is 2.86. The van der Waals surface area contributed by atoms with E-state index >= 15 is 0 Å². The van der Waals surface area contributed by atoms with Gasteiger partial charge < -0.3 is 0 Å². The summed E-state index contributed by atoms with van der Waals surface area (Å²) in [5.74, 6) is -0.811. The molecule has 0 saturated carbocycles. The summed E-state index contributed by atoms with van der Waals surface area (Å²) in [5, 5.41) is 0.491. The van der Waals surface area contributed by atoms with Crippen molar-refractivity contribution in [3.05, 3.63) is 52.5 Å². The van der Waals surface area contributed by atoms with Gasteiger partial charge in [-0.15, -0.1) is 0 Å². The first-order valence-corrected chi connectivity index (χ1v) is 11.1. The van der Waals surface area contributed by atoms with E-state index in [9.17, 15) is 21.6 Å². The second-order valence-electron chi connectivity index (χ2n) is 5.45. The number of hydrogen-bond acceptors (Lipinski definition) is 5. The molecule has 2 aromatic rings. The Balaban J connectivity index is 1.89. The van der Waals surface area contributed by atoms with Gasteiger partial charge in [0.25, 0.3) is 10.0 Å². The molecule has 0 aliphatic carbocycles. The lowest BCUT2D eigenvalue weighted by atomic mass is 10.3. The molecule has 3 rings (SSSR count). The van der Waals surface area contributed by atoms with Crippen LogP contribution in [0.15, 0.2) is 47.4 Å². The quantitative estimate of drug-likeness (QED) is 0.796. The summed E-state index contributed by atoms with van der Waals surface area (Å²) in [4.78, 5) is 11.7. The molecule has 1 aliphatic heterocycles. The minimum Gasteiger partial charge on any atom is -0.278 e. The molecule has 0 bridgehead atoms. The predicted molar refractivity (Wildman–Crippen MR) is 99.6 cm³/mol. The van der Waals surface area contributed by atoms with E-state index in [-0.39, 0.29) is 33.5 Å². The maximum atomic E-state index is 12.5. The Morgan fingerprint density at radius 1 is 1.04 bits per heavy atom. The number of carbonyl (C=O) groups is 1. The largest absolute Gasteiger partial charge is 0.278 e.